The molecule has 0 radical (unpaired) electrons. The molecule has 1 fully saturated rings. The number of methoxy groups -OCH3 is 2. The van der Waals surface area contributed by atoms with Crippen LogP contribution in [0.4, 0.5) is 11.4 Å². The van der Waals surface area contributed by atoms with Crippen molar-refractivity contribution in [1.29, 1.82) is 0 Å². The normalized spacial score (nSPS) is 15.4. The smallest absolute Gasteiger partial charge is 0.312 e. The Hall–Kier alpha value is -2.77. The van der Waals surface area contributed by atoms with Crippen LogP contribution < -0.4 is 19.9 Å². The Kier molecular flexibility index (Phi) is 7.54. The Labute approximate surface area is 181 Å². The summed E-state index contributed by atoms with van der Waals surface area (Å²) >= 11 is 6.17. The number of ether oxygens (including phenoxy) is 2. The molecule has 1 amide bonds. The van der Waals surface area contributed by atoms with Gasteiger partial charge in [0.15, 0.2) is 6.04 Å². The number of nitrogens with zero attached hydrogens (tertiary/aromatic N) is 1. The van der Waals surface area contributed by atoms with E-state index in [9.17, 15) is 9.59 Å². The van der Waals surface area contributed by atoms with Crippen LogP contribution in [0.3, 0.4) is 0 Å². The zero-order valence-electron chi connectivity index (χ0n) is 17.2. The third-order valence-electron chi connectivity index (χ3n) is 5.38. The van der Waals surface area contributed by atoms with E-state index in [1.165, 1.54) is 7.11 Å². The monoisotopic (exact) mass is 432 g/mol. The van der Waals surface area contributed by atoms with E-state index in [1.807, 2.05) is 24.3 Å². The first-order valence-corrected chi connectivity index (χ1v) is 10.3. The number of carbonyl (C=O) groups excluding carboxylic acids is 2. The molecule has 1 atom stereocenters. The van der Waals surface area contributed by atoms with Gasteiger partial charge in [-0.25, -0.2) is 0 Å². The van der Waals surface area contributed by atoms with E-state index < -0.39 is 12.0 Å². The summed E-state index contributed by atoms with van der Waals surface area (Å²) in [7, 11) is 2.98. The highest BCUT2D eigenvalue weighted by Crippen LogP contribution is 2.21. The maximum Gasteiger partial charge on any atom is 0.312 e. The lowest BCUT2D eigenvalue weighted by molar-refractivity contribution is -0.915. The molecule has 0 aromatic heterocycles. The van der Waals surface area contributed by atoms with E-state index in [0.717, 1.165) is 42.5 Å². The number of piperazine rings is 1. The molecule has 8 heteroatoms. The van der Waals surface area contributed by atoms with Crippen molar-refractivity contribution in [3.8, 4) is 5.75 Å². The fourth-order valence-electron chi connectivity index (χ4n) is 3.65. The predicted molar refractivity (Wildman–Crippen MR) is 116 cm³/mol. The number of hydrogen-bond acceptors (Lipinski definition) is 5. The first-order valence-electron chi connectivity index (χ1n) is 9.87. The molecule has 0 unspecified atom stereocenters. The molecule has 0 saturated carbocycles. The first-order chi connectivity index (χ1) is 14.5. The summed E-state index contributed by atoms with van der Waals surface area (Å²) in [6.45, 7) is 3.00. The van der Waals surface area contributed by atoms with Crippen molar-refractivity contribution in [1.82, 2.24) is 0 Å². The maximum absolute atomic E-state index is 13.0. The number of carbonyl (C=O) groups is 2. The van der Waals surface area contributed by atoms with Crippen LogP contribution in [0.2, 0.25) is 5.02 Å². The molecule has 0 bridgehead atoms. The van der Waals surface area contributed by atoms with Gasteiger partial charge in [0.1, 0.15) is 12.2 Å². The Bertz CT molecular complexity index is 867. The second-order valence-corrected chi connectivity index (χ2v) is 7.55. The van der Waals surface area contributed by atoms with Crippen LogP contribution >= 0.6 is 11.6 Å². The highest BCUT2D eigenvalue weighted by Gasteiger charge is 2.35. The number of anilines is 2. The summed E-state index contributed by atoms with van der Waals surface area (Å²) in [5.74, 6) is 0.179. The van der Waals surface area contributed by atoms with Gasteiger partial charge in [-0.05, 0) is 36.4 Å². The molecular formula is C22H27ClN3O4+. The van der Waals surface area contributed by atoms with Crippen LogP contribution in [0.25, 0.3) is 0 Å². The van der Waals surface area contributed by atoms with Gasteiger partial charge < -0.3 is 24.6 Å². The van der Waals surface area contributed by atoms with Crippen LogP contribution in [-0.4, -0.2) is 58.3 Å². The average molecular weight is 433 g/mol. The maximum atomic E-state index is 13.0. The largest absolute Gasteiger partial charge is 0.497 e. The molecule has 3 rings (SSSR count). The van der Waals surface area contributed by atoms with E-state index in [0.29, 0.717) is 10.7 Å². The molecular weight excluding hydrogens is 406 g/mol. The molecule has 0 aliphatic carbocycles. The Morgan fingerprint density at radius 1 is 1.10 bits per heavy atom. The van der Waals surface area contributed by atoms with E-state index in [2.05, 4.69) is 10.2 Å². The minimum absolute atomic E-state index is 0.0185. The first kappa shape index (κ1) is 21.9. The van der Waals surface area contributed by atoms with Crippen molar-refractivity contribution in [2.24, 2.45) is 0 Å². The number of esters is 1. The van der Waals surface area contributed by atoms with Gasteiger partial charge in [-0.15, -0.1) is 0 Å². The fourth-order valence-corrected chi connectivity index (χ4v) is 3.83. The molecule has 160 valence electrons. The highest BCUT2D eigenvalue weighted by molar-refractivity contribution is 6.33. The summed E-state index contributed by atoms with van der Waals surface area (Å²) in [6.07, 6.45) is 0.0185. The molecule has 1 saturated heterocycles. The van der Waals surface area contributed by atoms with Crippen LogP contribution in [0.1, 0.15) is 6.42 Å². The number of halogens is 1. The van der Waals surface area contributed by atoms with Gasteiger partial charge in [-0.1, -0.05) is 23.7 Å². The summed E-state index contributed by atoms with van der Waals surface area (Å²) in [5, 5.41) is 3.33. The van der Waals surface area contributed by atoms with Crippen LogP contribution in [0.5, 0.6) is 5.75 Å². The van der Waals surface area contributed by atoms with E-state index in [4.69, 9.17) is 21.1 Å². The number of amides is 1. The number of nitrogens with one attached hydrogen (secondary N) is 2. The Balaban J connectivity index is 1.67. The molecule has 30 heavy (non-hydrogen) atoms. The third-order valence-corrected chi connectivity index (χ3v) is 5.71. The third kappa shape index (κ3) is 5.43. The molecule has 2 aromatic rings. The van der Waals surface area contributed by atoms with Gasteiger partial charge in [0.25, 0.3) is 5.91 Å². The van der Waals surface area contributed by atoms with E-state index >= 15 is 0 Å². The SMILES string of the molecule is COC(=O)C[C@H](C(=O)Nc1ccccc1Cl)[NH+]1CCN(c2ccc(OC)cc2)CC1. The van der Waals surface area contributed by atoms with Gasteiger partial charge in [-0.2, -0.15) is 0 Å². The van der Waals surface area contributed by atoms with Crippen molar-refractivity contribution >= 4 is 34.9 Å². The summed E-state index contributed by atoms with van der Waals surface area (Å²) in [6, 6.07) is 14.4. The van der Waals surface area contributed by atoms with Crippen LogP contribution in [0.15, 0.2) is 48.5 Å². The molecule has 7 nitrogen and oxygen atoms in total. The van der Waals surface area contributed by atoms with Crippen molar-refractivity contribution < 1.29 is 24.0 Å². The highest BCUT2D eigenvalue weighted by atomic mass is 35.5. The predicted octanol–water partition coefficient (Wildman–Crippen LogP) is 1.62. The lowest BCUT2D eigenvalue weighted by Crippen LogP contribution is -3.19. The van der Waals surface area contributed by atoms with Crippen molar-refractivity contribution in [3.05, 3.63) is 53.6 Å². The van der Waals surface area contributed by atoms with Crippen LogP contribution in [0, 0.1) is 0 Å². The fraction of sp³-hybridized carbons (Fsp3) is 0.364. The van der Waals surface area contributed by atoms with Gasteiger partial charge in [-0.3, -0.25) is 9.59 Å². The number of benzene rings is 2. The Morgan fingerprint density at radius 2 is 1.77 bits per heavy atom. The Morgan fingerprint density at radius 3 is 2.37 bits per heavy atom. The van der Waals surface area contributed by atoms with Crippen molar-refractivity contribution in [2.45, 2.75) is 12.5 Å². The van der Waals surface area contributed by atoms with Gasteiger partial charge in [0, 0.05) is 5.69 Å². The standard InChI is InChI=1S/C22H26ClN3O4/c1-29-17-9-7-16(8-10-17)25-11-13-26(14-12-25)20(15-21(27)30-2)22(28)24-19-6-4-3-5-18(19)23/h3-10,20H,11-15H2,1-2H3,(H,24,28)/p+1/t20-/m1/s1. The zero-order chi connectivity index (χ0) is 21.5. The topological polar surface area (TPSA) is 72.3 Å². The molecule has 0 spiro atoms. The van der Waals surface area contributed by atoms with Gasteiger partial charge in [0.05, 0.1) is 51.1 Å². The second-order valence-electron chi connectivity index (χ2n) is 7.15. The minimum atomic E-state index is -0.549. The molecule has 1 heterocycles. The molecule has 2 N–H and O–H groups in total. The average Bonchev–Trinajstić information content (AvgIpc) is 2.79. The minimum Gasteiger partial charge on any atom is -0.497 e. The number of para-hydroxylation sites is 1. The molecule has 1 aliphatic heterocycles. The molecule has 1 aliphatic rings. The van der Waals surface area contributed by atoms with Crippen LogP contribution in [-0.2, 0) is 14.3 Å². The molecule has 2 aromatic carbocycles. The second kappa shape index (κ2) is 10.3. The van der Waals surface area contributed by atoms with Gasteiger partial charge >= 0.3 is 5.97 Å². The zero-order valence-corrected chi connectivity index (χ0v) is 17.9. The van der Waals surface area contributed by atoms with Gasteiger partial charge in [0.2, 0.25) is 0 Å². The number of quaternary nitrogens is 1. The lowest BCUT2D eigenvalue weighted by Gasteiger charge is -2.36. The van der Waals surface area contributed by atoms with Crippen molar-refractivity contribution in [2.75, 3.05) is 50.6 Å². The summed E-state index contributed by atoms with van der Waals surface area (Å²) in [4.78, 5) is 28.3. The van der Waals surface area contributed by atoms with E-state index in [1.54, 1.807) is 31.4 Å². The quantitative estimate of drug-likeness (QED) is 0.650. The number of rotatable bonds is 7. The van der Waals surface area contributed by atoms with E-state index in [-0.39, 0.29) is 12.3 Å². The summed E-state index contributed by atoms with van der Waals surface area (Å²) < 4.78 is 10.0. The van der Waals surface area contributed by atoms with Crippen molar-refractivity contribution in [3.63, 3.8) is 0 Å². The number of hydrogen-bond donors (Lipinski definition) is 2. The lowest BCUT2D eigenvalue weighted by atomic mass is 10.1. The summed E-state index contributed by atoms with van der Waals surface area (Å²) in [5.41, 5.74) is 1.65.